The van der Waals surface area contributed by atoms with Gasteiger partial charge in [-0.05, 0) is 25.5 Å². The highest BCUT2D eigenvalue weighted by Gasteiger charge is 1.95. The minimum Gasteiger partial charge on any atom is -0.295 e. The third kappa shape index (κ3) is 7.19. The third-order valence-corrected chi connectivity index (χ3v) is 1.60. The first-order valence-electron chi connectivity index (χ1n) is 4.55. The molecule has 0 spiro atoms. The van der Waals surface area contributed by atoms with Crippen LogP contribution in [0.3, 0.4) is 0 Å². The molecule has 2 nitrogen and oxygen atoms in total. The van der Waals surface area contributed by atoms with Crippen LogP contribution in [-0.4, -0.2) is 11.6 Å². The van der Waals surface area contributed by atoms with Crippen molar-refractivity contribution < 1.29 is 9.59 Å². The monoisotopic (exact) mass is 180 g/mol. The summed E-state index contributed by atoms with van der Waals surface area (Å²) in [5.74, 6) is 0.0132. The lowest BCUT2D eigenvalue weighted by molar-refractivity contribution is -0.116. The largest absolute Gasteiger partial charge is 0.295 e. The van der Waals surface area contributed by atoms with Gasteiger partial charge < -0.3 is 0 Å². The highest BCUT2D eigenvalue weighted by atomic mass is 16.1. The van der Waals surface area contributed by atoms with E-state index in [1.54, 1.807) is 6.92 Å². The lowest BCUT2D eigenvalue weighted by Crippen LogP contribution is -1.94. The Balaban J connectivity index is 3.73. The maximum absolute atomic E-state index is 11.1. The summed E-state index contributed by atoms with van der Waals surface area (Å²) in [4.78, 5) is 21.9. The van der Waals surface area contributed by atoms with E-state index in [-0.39, 0.29) is 11.6 Å². The van der Waals surface area contributed by atoms with Crippen LogP contribution in [-0.2, 0) is 9.59 Å². The average molecular weight is 180 g/mol. The molecule has 0 radical (unpaired) electrons. The maximum atomic E-state index is 11.1. The van der Waals surface area contributed by atoms with Gasteiger partial charge in [0.2, 0.25) is 0 Å². The van der Waals surface area contributed by atoms with Crippen molar-refractivity contribution in [2.75, 3.05) is 0 Å². The number of carbonyl (C=O) groups excluding carboxylic acids is 2. The van der Waals surface area contributed by atoms with Crippen molar-refractivity contribution in [1.82, 2.24) is 0 Å². The molecule has 0 atom stereocenters. The van der Waals surface area contributed by atoms with Crippen LogP contribution >= 0.6 is 0 Å². The molecule has 0 aromatic heterocycles. The summed E-state index contributed by atoms with van der Waals surface area (Å²) in [6, 6.07) is 0. The van der Waals surface area contributed by atoms with Crippen molar-refractivity contribution in [2.45, 2.75) is 33.1 Å². The van der Waals surface area contributed by atoms with Crippen molar-refractivity contribution in [3.63, 3.8) is 0 Å². The second-order valence-electron chi connectivity index (χ2n) is 2.73. The number of carbonyl (C=O) groups is 2. The summed E-state index contributed by atoms with van der Waals surface area (Å²) in [6.07, 6.45) is 8.27. The molecule has 0 rings (SSSR count). The molecule has 0 heterocycles. The molecule has 0 amide bonds. The zero-order valence-electron chi connectivity index (χ0n) is 8.25. The minimum absolute atomic E-state index is 0.000571. The number of hydrogen-bond donors (Lipinski definition) is 0. The molecule has 13 heavy (non-hydrogen) atoms. The lowest BCUT2D eigenvalue weighted by Gasteiger charge is -1.89. The van der Waals surface area contributed by atoms with E-state index < -0.39 is 0 Å². The molecule has 0 aliphatic rings. The van der Waals surface area contributed by atoms with Crippen LogP contribution in [0.2, 0.25) is 0 Å². The topological polar surface area (TPSA) is 34.1 Å². The Kier molecular flexibility index (Phi) is 6.79. The quantitative estimate of drug-likeness (QED) is 0.464. The summed E-state index contributed by atoms with van der Waals surface area (Å²) in [7, 11) is 0. The Morgan fingerprint density at radius 2 is 1.77 bits per heavy atom. The first-order chi connectivity index (χ1) is 6.20. The molecule has 0 aromatic carbocycles. The molecule has 0 unspecified atom stereocenters. The van der Waals surface area contributed by atoms with E-state index in [9.17, 15) is 9.59 Å². The van der Waals surface area contributed by atoms with Crippen molar-refractivity contribution in [1.29, 1.82) is 0 Å². The van der Waals surface area contributed by atoms with Gasteiger partial charge >= 0.3 is 0 Å². The van der Waals surface area contributed by atoms with E-state index in [2.05, 4.69) is 0 Å². The normalized spacial score (nSPS) is 11.2. The van der Waals surface area contributed by atoms with E-state index in [4.69, 9.17) is 0 Å². The van der Waals surface area contributed by atoms with Crippen molar-refractivity contribution >= 4 is 11.6 Å². The molecule has 0 fully saturated rings. The predicted octanol–water partition coefficient (Wildman–Crippen LogP) is 2.45. The zero-order valence-corrected chi connectivity index (χ0v) is 8.25. The molecule has 0 N–H and O–H groups in total. The lowest BCUT2D eigenvalue weighted by atomic mass is 10.2. The van der Waals surface area contributed by atoms with Crippen LogP contribution < -0.4 is 0 Å². The Morgan fingerprint density at radius 3 is 2.31 bits per heavy atom. The Bertz CT molecular complexity index is 224. The zero-order chi connectivity index (χ0) is 10.1. The van der Waals surface area contributed by atoms with E-state index in [0.29, 0.717) is 12.8 Å². The van der Waals surface area contributed by atoms with Crippen LogP contribution in [0.15, 0.2) is 24.3 Å². The number of ketones is 2. The van der Waals surface area contributed by atoms with Gasteiger partial charge in [0.25, 0.3) is 0 Å². The molecule has 0 saturated carbocycles. The summed E-state index contributed by atoms with van der Waals surface area (Å²) >= 11 is 0. The maximum Gasteiger partial charge on any atom is 0.156 e. The van der Waals surface area contributed by atoms with Gasteiger partial charge in [0.05, 0.1) is 0 Å². The van der Waals surface area contributed by atoms with Crippen LogP contribution in [0.4, 0.5) is 0 Å². The highest BCUT2D eigenvalue weighted by molar-refractivity contribution is 5.98. The fourth-order valence-electron chi connectivity index (χ4n) is 0.779. The molecule has 0 aromatic rings. The molecular weight excluding hydrogens is 164 g/mol. The van der Waals surface area contributed by atoms with Gasteiger partial charge in [0, 0.05) is 12.8 Å². The summed E-state index contributed by atoms with van der Waals surface area (Å²) in [5.41, 5.74) is 0. The van der Waals surface area contributed by atoms with Gasteiger partial charge in [0.1, 0.15) is 0 Å². The van der Waals surface area contributed by atoms with E-state index >= 15 is 0 Å². The average Bonchev–Trinajstić information content (AvgIpc) is 2.14. The van der Waals surface area contributed by atoms with Gasteiger partial charge in [-0.1, -0.05) is 19.1 Å². The van der Waals surface area contributed by atoms with Crippen LogP contribution in [0, 0.1) is 0 Å². The summed E-state index contributed by atoms with van der Waals surface area (Å²) < 4.78 is 0. The molecular formula is C11H16O2. The first kappa shape index (κ1) is 11.8. The number of allylic oxidation sites excluding steroid dienone is 4. The minimum atomic E-state index is -0.000571. The van der Waals surface area contributed by atoms with Gasteiger partial charge in [-0.25, -0.2) is 0 Å². The van der Waals surface area contributed by atoms with Gasteiger partial charge in [0.15, 0.2) is 11.6 Å². The van der Waals surface area contributed by atoms with E-state index in [1.165, 1.54) is 12.2 Å². The second kappa shape index (κ2) is 7.47. The fraction of sp³-hybridized carbons (Fsp3) is 0.455. The van der Waals surface area contributed by atoms with Crippen molar-refractivity contribution in [3.05, 3.63) is 24.3 Å². The van der Waals surface area contributed by atoms with Crippen LogP contribution in [0.5, 0.6) is 0 Å². The Hall–Kier alpha value is -1.18. The Labute approximate surface area is 79.3 Å². The van der Waals surface area contributed by atoms with Crippen molar-refractivity contribution in [2.24, 2.45) is 0 Å². The predicted molar refractivity (Wildman–Crippen MR) is 53.5 cm³/mol. The standard InChI is InChI=1S/C11H16O2/c1-3-5-6-7-11(13)9-8-10(12)4-2/h3,5,8-9H,4,6-7H2,1-2H3/b5-3+,9-8+. The van der Waals surface area contributed by atoms with Gasteiger partial charge in [-0.15, -0.1) is 0 Å². The fourth-order valence-corrected chi connectivity index (χ4v) is 0.779. The Morgan fingerprint density at radius 1 is 1.15 bits per heavy atom. The smallest absolute Gasteiger partial charge is 0.156 e. The molecule has 0 aliphatic heterocycles. The SMILES string of the molecule is C/C=C/CCC(=O)/C=C/C(=O)CC. The van der Waals surface area contributed by atoms with E-state index in [1.807, 2.05) is 19.1 Å². The third-order valence-electron chi connectivity index (χ3n) is 1.60. The van der Waals surface area contributed by atoms with Crippen molar-refractivity contribution in [3.8, 4) is 0 Å². The second-order valence-corrected chi connectivity index (χ2v) is 2.73. The number of rotatable bonds is 6. The van der Waals surface area contributed by atoms with Gasteiger partial charge in [-0.2, -0.15) is 0 Å². The summed E-state index contributed by atoms with van der Waals surface area (Å²) in [5, 5.41) is 0. The molecule has 72 valence electrons. The van der Waals surface area contributed by atoms with Gasteiger partial charge in [-0.3, -0.25) is 9.59 Å². The van der Waals surface area contributed by atoms with Crippen LogP contribution in [0.25, 0.3) is 0 Å². The molecule has 0 saturated heterocycles. The molecule has 0 bridgehead atoms. The molecule has 2 heteroatoms. The number of hydrogen-bond acceptors (Lipinski definition) is 2. The molecule has 0 aliphatic carbocycles. The summed E-state index contributed by atoms with van der Waals surface area (Å²) in [6.45, 7) is 3.69. The first-order valence-corrected chi connectivity index (χ1v) is 4.55. The highest BCUT2D eigenvalue weighted by Crippen LogP contribution is 1.94. The van der Waals surface area contributed by atoms with E-state index in [0.717, 1.165) is 6.42 Å². The van der Waals surface area contributed by atoms with Crippen LogP contribution in [0.1, 0.15) is 33.1 Å².